The summed E-state index contributed by atoms with van der Waals surface area (Å²) in [6.07, 6.45) is 7.07. The average Bonchev–Trinajstić information content (AvgIpc) is 2.47. The highest BCUT2D eigenvalue weighted by Gasteiger charge is 2.28. The van der Waals surface area contributed by atoms with Crippen molar-refractivity contribution in [2.75, 3.05) is 7.11 Å². The minimum atomic E-state index is 0.193. The second-order valence-electron chi connectivity index (χ2n) is 6.07. The molecule has 2 nitrogen and oxygen atoms in total. The topological polar surface area (TPSA) is 26.3 Å². The predicted molar refractivity (Wildman–Crippen MR) is 82.4 cm³/mol. The number of ether oxygens (including phenoxy) is 1. The highest BCUT2D eigenvalue weighted by Crippen LogP contribution is 2.35. The van der Waals surface area contributed by atoms with Gasteiger partial charge in [0.15, 0.2) is 5.78 Å². The number of Topliss-reactive ketones (excluding diaryl/α,β-unsaturated/α-hetero) is 1. The highest BCUT2D eigenvalue weighted by molar-refractivity contribution is 6.00. The van der Waals surface area contributed by atoms with Crippen LogP contribution in [0, 0.1) is 18.8 Å². The Kier molecular flexibility index (Phi) is 5.22. The van der Waals surface area contributed by atoms with E-state index in [4.69, 9.17) is 4.74 Å². The first-order valence-corrected chi connectivity index (χ1v) is 7.84. The van der Waals surface area contributed by atoms with Gasteiger partial charge < -0.3 is 4.74 Å². The van der Waals surface area contributed by atoms with Crippen LogP contribution in [0.25, 0.3) is 0 Å². The van der Waals surface area contributed by atoms with Gasteiger partial charge in [-0.25, -0.2) is 0 Å². The molecule has 1 aromatic rings. The van der Waals surface area contributed by atoms with E-state index in [0.29, 0.717) is 0 Å². The summed E-state index contributed by atoms with van der Waals surface area (Å²) in [6.45, 7) is 4.27. The van der Waals surface area contributed by atoms with E-state index in [-0.39, 0.29) is 11.7 Å². The van der Waals surface area contributed by atoms with Gasteiger partial charge in [-0.15, -0.1) is 0 Å². The zero-order valence-electron chi connectivity index (χ0n) is 12.9. The predicted octanol–water partition coefficient (Wildman–Crippen LogP) is 4.79. The van der Waals surface area contributed by atoms with Crippen molar-refractivity contribution in [1.82, 2.24) is 0 Å². The summed E-state index contributed by atoms with van der Waals surface area (Å²) in [5, 5.41) is 0. The maximum atomic E-state index is 12.7. The molecule has 0 heterocycles. The number of rotatable bonds is 5. The van der Waals surface area contributed by atoms with Crippen molar-refractivity contribution in [2.45, 2.75) is 52.4 Å². The van der Waals surface area contributed by atoms with Gasteiger partial charge in [-0.2, -0.15) is 0 Å². The van der Waals surface area contributed by atoms with Crippen LogP contribution < -0.4 is 4.74 Å². The molecule has 1 fully saturated rings. The van der Waals surface area contributed by atoms with Crippen molar-refractivity contribution in [3.05, 3.63) is 29.3 Å². The maximum absolute atomic E-state index is 12.7. The molecular formula is C18H26O2. The Morgan fingerprint density at radius 1 is 1.25 bits per heavy atom. The van der Waals surface area contributed by atoms with Crippen molar-refractivity contribution in [3.8, 4) is 5.75 Å². The smallest absolute Gasteiger partial charge is 0.169 e. The number of carbonyl (C=O) groups is 1. The molecule has 0 N–H and O–H groups in total. The minimum Gasteiger partial charge on any atom is -0.496 e. The average molecular weight is 274 g/mol. The molecule has 2 rings (SSSR count). The molecule has 0 aromatic heterocycles. The van der Waals surface area contributed by atoms with E-state index >= 15 is 0 Å². The first-order valence-electron chi connectivity index (χ1n) is 7.84. The van der Waals surface area contributed by atoms with E-state index in [1.54, 1.807) is 7.11 Å². The van der Waals surface area contributed by atoms with Gasteiger partial charge in [0.25, 0.3) is 0 Å². The number of aryl methyl sites for hydroxylation is 1. The van der Waals surface area contributed by atoms with Gasteiger partial charge in [0.2, 0.25) is 0 Å². The zero-order valence-corrected chi connectivity index (χ0v) is 12.9. The molecule has 0 amide bonds. The molecule has 0 unspecified atom stereocenters. The highest BCUT2D eigenvalue weighted by atomic mass is 16.5. The minimum absolute atomic E-state index is 0.193. The first-order chi connectivity index (χ1) is 9.65. The number of methoxy groups -OCH3 is 1. The van der Waals surface area contributed by atoms with E-state index in [1.807, 2.05) is 25.1 Å². The van der Waals surface area contributed by atoms with Crippen LogP contribution in [0.4, 0.5) is 0 Å². The fraction of sp³-hybridized carbons (Fsp3) is 0.611. The summed E-state index contributed by atoms with van der Waals surface area (Å²) in [6, 6.07) is 5.87. The Hall–Kier alpha value is -1.31. The van der Waals surface area contributed by atoms with Crippen LogP contribution in [0.2, 0.25) is 0 Å². The lowest BCUT2D eigenvalue weighted by molar-refractivity contribution is 0.0866. The van der Waals surface area contributed by atoms with E-state index in [0.717, 1.165) is 35.6 Å². The summed E-state index contributed by atoms with van der Waals surface area (Å²) in [7, 11) is 1.64. The lowest BCUT2D eigenvalue weighted by Gasteiger charge is -2.27. The monoisotopic (exact) mass is 274 g/mol. The largest absolute Gasteiger partial charge is 0.496 e. The van der Waals surface area contributed by atoms with Crippen LogP contribution in [0.1, 0.15) is 61.4 Å². The zero-order chi connectivity index (χ0) is 14.5. The molecule has 1 aliphatic carbocycles. The molecule has 1 aliphatic rings. The molecule has 1 saturated carbocycles. The maximum Gasteiger partial charge on any atom is 0.169 e. The Morgan fingerprint density at radius 2 is 1.95 bits per heavy atom. The number of ketones is 1. The van der Waals surface area contributed by atoms with Crippen LogP contribution in [0.15, 0.2) is 18.2 Å². The molecule has 1 aromatic carbocycles. The Balaban J connectivity index is 2.07. The number of hydrogen-bond acceptors (Lipinski definition) is 2. The summed E-state index contributed by atoms with van der Waals surface area (Å²) < 4.78 is 5.35. The summed E-state index contributed by atoms with van der Waals surface area (Å²) in [5.41, 5.74) is 1.89. The molecule has 110 valence electrons. The molecule has 0 aliphatic heterocycles. The third-order valence-corrected chi connectivity index (χ3v) is 4.53. The van der Waals surface area contributed by atoms with Gasteiger partial charge in [0.1, 0.15) is 5.75 Å². The van der Waals surface area contributed by atoms with Gasteiger partial charge >= 0.3 is 0 Å². The third kappa shape index (κ3) is 3.41. The molecule has 20 heavy (non-hydrogen) atoms. The molecule has 0 atom stereocenters. The normalized spacial score (nSPS) is 22.6. The lowest BCUT2D eigenvalue weighted by atomic mass is 9.77. The van der Waals surface area contributed by atoms with Crippen molar-refractivity contribution in [3.63, 3.8) is 0 Å². The van der Waals surface area contributed by atoms with Gasteiger partial charge in [-0.3, -0.25) is 4.79 Å². The van der Waals surface area contributed by atoms with E-state index in [2.05, 4.69) is 6.92 Å². The van der Waals surface area contributed by atoms with Crippen molar-refractivity contribution in [2.24, 2.45) is 11.8 Å². The summed E-state index contributed by atoms with van der Waals surface area (Å²) in [5.74, 6) is 2.03. The Labute approximate surface area is 122 Å². The van der Waals surface area contributed by atoms with Crippen molar-refractivity contribution in [1.29, 1.82) is 0 Å². The third-order valence-electron chi connectivity index (χ3n) is 4.53. The van der Waals surface area contributed by atoms with E-state index in [9.17, 15) is 4.79 Å². The van der Waals surface area contributed by atoms with Crippen LogP contribution in [0.5, 0.6) is 5.75 Å². The van der Waals surface area contributed by atoms with Gasteiger partial charge in [-0.1, -0.05) is 31.4 Å². The van der Waals surface area contributed by atoms with Crippen molar-refractivity contribution < 1.29 is 9.53 Å². The fourth-order valence-corrected chi connectivity index (χ4v) is 3.36. The van der Waals surface area contributed by atoms with Gasteiger partial charge in [0, 0.05) is 5.92 Å². The molecule has 0 radical (unpaired) electrons. The molecule has 2 heteroatoms. The van der Waals surface area contributed by atoms with Crippen LogP contribution in [-0.4, -0.2) is 12.9 Å². The molecular weight excluding hydrogens is 248 g/mol. The van der Waals surface area contributed by atoms with Crippen LogP contribution in [-0.2, 0) is 0 Å². The van der Waals surface area contributed by atoms with Crippen LogP contribution in [0.3, 0.4) is 0 Å². The molecule has 0 saturated heterocycles. The van der Waals surface area contributed by atoms with E-state index in [1.165, 1.54) is 25.7 Å². The molecule has 0 spiro atoms. The van der Waals surface area contributed by atoms with Gasteiger partial charge in [0.05, 0.1) is 12.7 Å². The second-order valence-corrected chi connectivity index (χ2v) is 6.07. The van der Waals surface area contributed by atoms with Crippen LogP contribution >= 0.6 is 0 Å². The summed E-state index contributed by atoms with van der Waals surface area (Å²) >= 11 is 0. The number of benzene rings is 1. The number of carbonyl (C=O) groups excluding carboxylic acids is 1. The Bertz CT molecular complexity index is 456. The van der Waals surface area contributed by atoms with Crippen molar-refractivity contribution >= 4 is 5.78 Å². The van der Waals surface area contributed by atoms with E-state index < -0.39 is 0 Å². The fourth-order valence-electron chi connectivity index (χ4n) is 3.36. The number of hydrogen-bond donors (Lipinski definition) is 0. The first kappa shape index (κ1) is 15.1. The SMILES string of the molecule is CCCC1CCC(C(=O)c2cc(C)ccc2OC)CC1. The second kappa shape index (κ2) is 6.92. The quantitative estimate of drug-likeness (QED) is 0.721. The molecule has 0 bridgehead atoms. The van der Waals surface area contributed by atoms with Gasteiger partial charge in [-0.05, 0) is 50.7 Å². The Morgan fingerprint density at radius 3 is 2.55 bits per heavy atom. The standard InChI is InChI=1S/C18H26O2/c1-4-5-14-7-9-15(10-8-14)18(19)16-12-13(2)6-11-17(16)20-3/h6,11-12,14-15H,4-5,7-10H2,1-3H3. The lowest BCUT2D eigenvalue weighted by Crippen LogP contribution is -2.22. The summed E-state index contributed by atoms with van der Waals surface area (Å²) in [4.78, 5) is 12.7.